The molecular weight excluding hydrogens is 347 g/mol. The monoisotopic (exact) mass is 372 g/mol. The van der Waals surface area contributed by atoms with Crippen LogP contribution in [0.25, 0.3) is 0 Å². The third kappa shape index (κ3) is 4.57. The molecule has 0 aromatic heterocycles. The number of nitrogens with zero attached hydrogens (tertiary/aromatic N) is 1. The molecule has 0 bridgehead atoms. The second-order valence-corrected chi connectivity index (χ2v) is 6.72. The molecule has 0 aliphatic heterocycles. The number of carbonyl (C=O) groups is 1. The number of carbonyl (C=O) groups excluding carboxylic acids is 1. The van der Waals surface area contributed by atoms with Gasteiger partial charge in [-0.3, -0.25) is 9.69 Å². The molecule has 0 radical (unpaired) electrons. The molecule has 1 atom stereocenters. The van der Waals surface area contributed by atoms with Crippen LogP contribution >= 0.6 is 0 Å². The Morgan fingerprint density at radius 3 is 2.59 bits per heavy atom. The minimum atomic E-state index is -0.245. The number of nitrogens with one attached hydrogen (secondary N) is 1. The van der Waals surface area contributed by atoms with E-state index >= 15 is 0 Å². The predicted octanol–water partition coefficient (Wildman–Crippen LogP) is 4.01. The highest BCUT2D eigenvalue weighted by atomic mass is 19.1. The minimum absolute atomic E-state index is 0.170. The summed E-state index contributed by atoms with van der Waals surface area (Å²) < 4.78 is 24.7. The van der Waals surface area contributed by atoms with Crippen molar-refractivity contribution in [3.05, 3.63) is 53.8 Å². The maximum atomic E-state index is 14.2. The van der Waals surface area contributed by atoms with Crippen LogP contribution in [-0.2, 0) is 4.79 Å². The van der Waals surface area contributed by atoms with Crippen molar-refractivity contribution < 1.29 is 18.7 Å². The Bertz CT molecular complexity index is 808. The summed E-state index contributed by atoms with van der Waals surface area (Å²) in [7, 11) is 3.12. The average Bonchev–Trinajstić information content (AvgIpc) is 3.51. The van der Waals surface area contributed by atoms with E-state index in [4.69, 9.17) is 9.47 Å². The Hall–Kier alpha value is -2.60. The number of methoxy groups -OCH3 is 2. The van der Waals surface area contributed by atoms with Crippen molar-refractivity contribution in [1.82, 2.24) is 4.90 Å². The van der Waals surface area contributed by atoms with Crippen LogP contribution in [0.1, 0.15) is 31.4 Å². The lowest BCUT2D eigenvalue weighted by atomic mass is 10.1. The van der Waals surface area contributed by atoms with Crippen molar-refractivity contribution in [2.75, 3.05) is 26.1 Å². The Morgan fingerprint density at radius 2 is 1.96 bits per heavy atom. The summed E-state index contributed by atoms with van der Waals surface area (Å²) in [5.74, 6) is 0.774. The van der Waals surface area contributed by atoms with E-state index in [-0.39, 0.29) is 24.3 Å². The van der Waals surface area contributed by atoms with Crippen molar-refractivity contribution in [3.63, 3.8) is 0 Å². The molecule has 0 saturated heterocycles. The number of anilines is 1. The standard InChI is InChI=1S/C21H25FN2O3/c1-14(17-6-4-5-7-18(17)22)24(15-8-9-15)13-21(25)23-19-12-16(26-2)10-11-20(19)27-3/h4-7,10-12,14-15H,8-9,13H2,1-3H3,(H,23,25). The van der Waals surface area contributed by atoms with Gasteiger partial charge in [0.2, 0.25) is 5.91 Å². The number of amides is 1. The molecule has 1 saturated carbocycles. The maximum Gasteiger partial charge on any atom is 0.238 e. The largest absolute Gasteiger partial charge is 0.497 e. The van der Waals surface area contributed by atoms with Gasteiger partial charge in [-0.1, -0.05) is 18.2 Å². The number of halogens is 1. The van der Waals surface area contributed by atoms with E-state index in [0.29, 0.717) is 28.8 Å². The van der Waals surface area contributed by atoms with Gasteiger partial charge in [-0.2, -0.15) is 0 Å². The first kappa shape index (κ1) is 19.2. The summed E-state index contributed by atoms with van der Waals surface area (Å²) in [6.07, 6.45) is 2.04. The van der Waals surface area contributed by atoms with Gasteiger partial charge < -0.3 is 14.8 Å². The van der Waals surface area contributed by atoms with E-state index in [1.165, 1.54) is 6.07 Å². The van der Waals surface area contributed by atoms with Crippen molar-refractivity contribution in [2.45, 2.75) is 31.8 Å². The molecule has 0 heterocycles. The first-order valence-electron chi connectivity index (χ1n) is 9.05. The molecule has 3 rings (SSSR count). The summed E-state index contributed by atoms with van der Waals surface area (Å²) in [5.41, 5.74) is 1.16. The van der Waals surface area contributed by atoms with E-state index in [2.05, 4.69) is 10.2 Å². The highest BCUT2D eigenvalue weighted by Gasteiger charge is 2.34. The fraction of sp³-hybridized carbons (Fsp3) is 0.381. The van der Waals surface area contributed by atoms with Crippen LogP contribution in [0.2, 0.25) is 0 Å². The van der Waals surface area contributed by atoms with Gasteiger partial charge >= 0.3 is 0 Å². The molecule has 6 heteroatoms. The van der Waals surface area contributed by atoms with E-state index in [9.17, 15) is 9.18 Å². The normalized spacial score (nSPS) is 14.7. The van der Waals surface area contributed by atoms with Crippen LogP contribution in [0.4, 0.5) is 10.1 Å². The van der Waals surface area contributed by atoms with Crippen LogP contribution in [0.15, 0.2) is 42.5 Å². The molecule has 5 nitrogen and oxygen atoms in total. The lowest BCUT2D eigenvalue weighted by molar-refractivity contribution is -0.118. The molecule has 2 aromatic carbocycles. The quantitative estimate of drug-likeness (QED) is 0.761. The predicted molar refractivity (Wildman–Crippen MR) is 103 cm³/mol. The first-order chi connectivity index (χ1) is 13.0. The van der Waals surface area contributed by atoms with E-state index in [1.54, 1.807) is 44.6 Å². The smallest absolute Gasteiger partial charge is 0.238 e. The van der Waals surface area contributed by atoms with E-state index in [0.717, 1.165) is 12.8 Å². The Labute approximate surface area is 159 Å². The molecule has 1 N–H and O–H groups in total. The second-order valence-electron chi connectivity index (χ2n) is 6.72. The molecule has 1 amide bonds. The Kier molecular flexibility index (Phi) is 5.96. The fourth-order valence-electron chi connectivity index (χ4n) is 3.25. The zero-order valence-corrected chi connectivity index (χ0v) is 15.9. The number of ether oxygens (including phenoxy) is 2. The van der Waals surface area contributed by atoms with Gasteiger partial charge in [-0.15, -0.1) is 0 Å². The third-order valence-electron chi connectivity index (χ3n) is 4.88. The highest BCUT2D eigenvalue weighted by Crippen LogP contribution is 2.35. The summed E-state index contributed by atoms with van der Waals surface area (Å²) in [6, 6.07) is 12.1. The van der Waals surface area contributed by atoms with Gasteiger partial charge in [0, 0.05) is 23.7 Å². The topological polar surface area (TPSA) is 50.8 Å². The van der Waals surface area contributed by atoms with Crippen molar-refractivity contribution in [1.29, 1.82) is 0 Å². The summed E-state index contributed by atoms with van der Waals surface area (Å²) in [6.45, 7) is 2.12. The highest BCUT2D eigenvalue weighted by molar-refractivity contribution is 5.94. The van der Waals surface area contributed by atoms with Gasteiger partial charge in [0.1, 0.15) is 17.3 Å². The van der Waals surface area contributed by atoms with Gasteiger partial charge in [-0.05, 0) is 38.0 Å². The zero-order valence-electron chi connectivity index (χ0n) is 15.9. The summed E-state index contributed by atoms with van der Waals surface area (Å²) in [5, 5.41) is 2.89. The summed E-state index contributed by atoms with van der Waals surface area (Å²) in [4.78, 5) is 14.8. The number of rotatable bonds is 8. The van der Waals surface area contributed by atoms with E-state index in [1.807, 2.05) is 13.0 Å². The molecule has 1 aliphatic carbocycles. The van der Waals surface area contributed by atoms with Gasteiger partial charge in [0.25, 0.3) is 0 Å². The maximum absolute atomic E-state index is 14.2. The molecule has 1 unspecified atom stereocenters. The Morgan fingerprint density at radius 1 is 1.22 bits per heavy atom. The molecule has 144 valence electrons. The van der Waals surface area contributed by atoms with E-state index < -0.39 is 0 Å². The van der Waals surface area contributed by atoms with Gasteiger partial charge in [-0.25, -0.2) is 4.39 Å². The zero-order chi connectivity index (χ0) is 19.4. The molecule has 0 spiro atoms. The lowest BCUT2D eigenvalue weighted by Crippen LogP contribution is -2.37. The average molecular weight is 372 g/mol. The van der Waals surface area contributed by atoms with Gasteiger partial charge in [0.15, 0.2) is 0 Å². The minimum Gasteiger partial charge on any atom is -0.497 e. The molecule has 2 aromatic rings. The van der Waals surface area contributed by atoms with Crippen LogP contribution in [-0.4, -0.2) is 37.6 Å². The second kappa shape index (κ2) is 8.39. The van der Waals surface area contributed by atoms with Crippen LogP contribution in [0.5, 0.6) is 11.5 Å². The Balaban J connectivity index is 1.74. The fourth-order valence-corrected chi connectivity index (χ4v) is 3.25. The van der Waals surface area contributed by atoms with Gasteiger partial charge in [0.05, 0.1) is 26.5 Å². The number of hydrogen-bond donors (Lipinski definition) is 1. The number of benzene rings is 2. The first-order valence-corrected chi connectivity index (χ1v) is 9.05. The van der Waals surface area contributed by atoms with Crippen LogP contribution < -0.4 is 14.8 Å². The molecule has 1 aliphatic rings. The van der Waals surface area contributed by atoms with Crippen molar-refractivity contribution in [3.8, 4) is 11.5 Å². The van der Waals surface area contributed by atoms with Crippen LogP contribution in [0, 0.1) is 5.82 Å². The summed E-state index contributed by atoms with van der Waals surface area (Å²) >= 11 is 0. The SMILES string of the molecule is COc1ccc(OC)c(NC(=O)CN(C2CC2)C(C)c2ccccc2F)c1. The van der Waals surface area contributed by atoms with Crippen molar-refractivity contribution in [2.24, 2.45) is 0 Å². The lowest BCUT2D eigenvalue weighted by Gasteiger charge is -2.29. The molecule has 1 fully saturated rings. The molecular formula is C21H25FN2O3. The number of hydrogen-bond acceptors (Lipinski definition) is 4. The van der Waals surface area contributed by atoms with Crippen LogP contribution in [0.3, 0.4) is 0 Å². The third-order valence-corrected chi connectivity index (χ3v) is 4.88. The van der Waals surface area contributed by atoms with Crippen molar-refractivity contribution >= 4 is 11.6 Å². The molecule has 27 heavy (non-hydrogen) atoms.